The lowest BCUT2D eigenvalue weighted by Gasteiger charge is -2.53. The zero-order valence-corrected chi connectivity index (χ0v) is 49.2. The number of hydrogen-bond donors (Lipinski definition) is 2. The average Bonchev–Trinajstić information content (AvgIpc) is 3.21. The van der Waals surface area contributed by atoms with Crippen LogP contribution in [0.5, 0.6) is 0 Å². The Bertz CT molecular complexity index is 1420. The van der Waals surface area contributed by atoms with E-state index in [4.69, 9.17) is 18.9 Å². The Morgan fingerprint density at radius 1 is 0.319 bits per heavy atom. The fourth-order valence-corrected chi connectivity index (χ4v) is 12.7. The SMILES string of the molecule is CC1(C)CC(OC(=O)CCCCCCCCC(=O)OC2CC(C)(C)N(O)C(C)(C)C2)CC(C)(C)N1O.CN1C(C)(C)CC(OC(=O)CCCCCCCCC(=O)OC2CC(C)(C)N(C)C(C)(C)C2)CC1(C)C. The maximum absolute atomic E-state index is 12.4. The Hall–Kier alpha value is -2.36. The van der Waals surface area contributed by atoms with E-state index in [1.165, 1.54) is 10.1 Å². The van der Waals surface area contributed by atoms with Gasteiger partial charge in [0, 0.05) is 121 Å². The minimum atomic E-state index is -0.427. The number of unbranched alkanes of at least 4 members (excludes halogenated alkanes) is 10. The van der Waals surface area contributed by atoms with Gasteiger partial charge in [0.1, 0.15) is 24.4 Å². The molecule has 0 spiro atoms. The summed E-state index contributed by atoms with van der Waals surface area (Å²) in [4.78, 5) is 54.2. The number of hydroxylamine groups is 4. The van der Waals surface area contributed by atoms with Crippen molar-refractivity contribution in [2.45, 2.75) is 334 Å². The maximum atomic E-state index is 12.4. The predicted octanol–water partition coefficient (Wildman–Crippen LogP) is 12.5. The lowest BCUT2D eigenvalue weighted by molar-refractivity contribution is -0.259. The summed E-state index contributed by atoms with van der Waals surface area (Å²) in [7, 11) is 4.33. The largest absolute Gasteiger partial charge is 0.462 e. The van der Waals surface area contributed by atoms with Gasteiger partial charge in [-0.1, -0.05) is 51.4 Å². The molecule has 14 heteroatoms. The van der Waals surface area contributed by atoms with Crippen LogP contribution in [-0.4, -0.2) is 137 Å². The lowest BCUT2D eigenvalue weighted by atomic mass is 9.78. The van der Waals surface area contributed by atoms with E-state index in [-0.39, 0.29) is 70.4 Å². The molecule has 4 aliphatic rings. The molecule has 420 valence electrons. The summed E-state index contributed by atoms with van der Waals surface area (Å²) in [5, 5.41) is 23.6. The topological polar surface area (TPSA) is 159 Å². The molecule has 0 atom stereocenters. The summed E-state index contributed by atoms with van der Waals surface area (Å²) in [6, 6.07) is 0. The van der Waals surface area contributed by atoms with E-state index in [1.807, 2.05) is 55.4 Å². The van der Waals surface area contributed by atoms with Crippen molar-refractivity contribution in [2.75, 3.05) is 14.1 Å². The van der Waals surface area contributed by atoms with Gasteiger partial charge in [-0.15, -0.1) is 0 Å². The zero-order valence-electron chi connectivity index (χ0n) is 49.2. The Labute approximate surface area is 438 Å². The van der Waals surface area contributed by atoms with E-state index >= 15 is 0 Å². The third-order valence-corrected chi connectivity index (χ3v) is 17.0. The molecule has 0 amide bonds. The molecular weight excluding hydrogens is 913 g/mol. The molecule has 0 radical (unpaired) electrons. The summed E-state index contributed by atoms with van der Waals surface area (Å²) in [5.41, 5.74) is -1.60. The summed E-state index contributed by atoms with van der Waals surface area (Å²) in [5.74, 6) is -0.420. The molecule has 2 N–H and O–H groups in total. The number of likely N-dealkylation sites (tertiary alicyclic amines) is 2. The highest BCUT2D eigenvalue weighted by molar-refractivity contribution is 5.70. The van der Waals surface area contributed by atoms with Crippen LogP contribution in [0, 0.1) is 0 Å². The van der Waals surface area contributed by atoms with E-state index in [0.717, 1.165) is 103 Å². The molecule has 0 aromatic heterocycles. The van der Waals surface area contributed by atoms with Gasteiger partial charge in [0.05, 0.1) is 0 Å². The number of esters is 4. The average molecular weight is 1020 g/mol. The van der Waals surface area contributed by atoms with Crippen molar-refractivity contribution >= 4 is 23.9 Å². The third kappa shape index (κ3) is 19.6. The maximum Gasteiger partial charge on any atom is 0.306 e. The van der Waals surface area contributed by atoms with Gasteiger partial charge in [-0.25, -0.2) is 0 Å². The first kappa shape index (κ1) is 63.9. The number of nitrogens with zero attached hydrogens (tertiary/aromatic N) is 4. The van der Waals surface area contributed by atoms with Gasteiger partial charge in [-0.3, -0.25) is 29.0 Å². The van der Waals surface area contributed by atoms with Crippen LogP contribution in [0.3, 0.4) is 0 Å². The van der Waals surface area contributed by atoms with Crippen molar-refractivity contribution < 1.29 is 48.5 Å². The molecular formula is C58H108N4O10. The molecule has 4 fully saturated rings. The highest BCUT2D eigenvalue weighted by Gasteiger charge is 2.49. The standard InChI is InChI=1S/C30H56N2O4.C28H52N2O6/c1-27(2)19-23(20-28(3,4)31(27)9)35-25(33)17-15-13-11-12-14-16-18-26(34)36-24-21-29(5,6)32(10)30(7,8)22-24;1-25(2)17-21(18-26(3,4)29(25)33)35-23(31)15-13-11-9-10-12-14-16-24(32)36-22-19-27(5,6)30(34)28(7,8)20-22/h23-24H,11-22H2,1-10H3;21-22,33-34H,9-20H2,1-8H3. The first-order chi connectivity index (χ1) is 32.9. The van der Waals surface area contributed by atoms with Crippen LogP contribution in [0.1, 0.15) is 265 Å². The van der Waals surface area contributed by atoms with Crippen molar-refractivity contribution in [3.63, 3.8) is 0 Å². The van der Waals surface area contributed by atoms with Gasteiger partial charge in [-0.2, -0.15) is 10.1 Å². The van der Waals surface area contributed by atoms with Crippen LogP contribution in [0.25, 0.3) is 0 Å². The first-order valence-electron chi connectivity index (χ1n) is 28.2. The predicted molar refractivity (Wildman–Crippen MR) is 286 cm³/mol. The van der Waals surface area contributed by atoms with Crippen molar-refractivity contribution in [1.29, 1.82) is 0 Å². The fraction of sp³-hybridized carbons (Fsp3) is 0.931. The molecule has 4 aliphatic heterocycles. The van der Waals surface area contributed by atoms with Crippen LogP contribution in [0.2, 0.25) is 0 Å². The highest BCUT2D eigenvalue weighted by Crippen LogP contribution is 2.42. The lowest BCUT2D eigenvalue weighted by Crippen LogP contribution is -2.60. The normalized spacial score (nSPS) is 24.4. The fourth-order valence-electron chi connectivity index (χ4n) is 12.7. The van der Waals surface area contributed by atoms with E-state index in [2.05, 4.69) is 79.3 Å². The number of hydrogen-bond acceptors (Lipinski definition) is 14. The van der Waals surface area contributed by atoms with Gasteiger partial charge >= 0.3 is 23.9 Å². The van der Waals surface area contributed by atoms with E-state index in [9.17, 15) is 29.6 Å². The van der Waals surface area contributed by atoms with Crippen LogP contribution >= 0.6 is 0 Å². The summed E-state index contributed by atoms with van der Waals surface area (Å²) >= 11 is 0. The van der Waals surface area contributed by atoms with Crippen molar-refractivity contribution in [2.24, 2.45) is 0 Å². The molecule has 0 unspecified atom stereocenters. The van der Waals surface area contributed by atoms with Crippen LogP contribution in [-0.2, 0) is 38.1 Å². The minimum Gasteiger partial charge on any atom is -0.462 e. The molecule has 0 aliphatic carbocycles. The van der Waals surface area contributed by atoms with E-state index in [0.29, 0.717) is 51.4 Å². The second kappa shape index (κ2) is 26.1. The number of ether oxygens (including phenoxy) is 4. The van der Waals surface area contributed by atoms with Gasteiger partial charge < -0.3 is 29.4 Å². The monoisotopic (exact) mass is 1020 g/mol. The van der Waals surface area contributed by atoms with Crippen molar-refractivity contribution in [1.82, 2.24) is 19.9 Å². The highest BCUT2D eigenvalue weighted by atomic mass is 16.6. The molecule has 4 rings (SSSR count). The molecule has 0 saturated carbocycles. The van der Waals surface area contributed by atoms with Gasteiger partial charge in [0.25, 0.3) is 0 Å². The Morgan fingerprint density at radius 2 is 0.472 bits per heavy atom. The molecule has 4 heterocycles. The molecule has 0 bridgehead atoms. The summed E-state index contributed by atoms with van der Waals surface area (Å²) in [6.07, 6.45) is 19.2. The second-order valence-electron chi connectivity index (χ2n) is 27.6. The molecule has 14 nitrogen and oxygen atoms in total. The Kier molecular flexibility index (Phi) is 23.2. The Morgan fingerprint density at radius 3 is 0.653 bits per heavy atom. The number of carbonyl (C=O) groups excluding carboxylic acids is 4. The molecule has 72 heavy (non-hydrogen) atoms. The van der Waals surface area contributed by atoms with Gasteiger partial charge in [-0.05, 0) is 151 Å². The van der Waals surface area contributed by atoms with Crippen LogP contribution in [0.4, 0.5) is 0 Å². The number of carbonyl (C=O) groups is 4. The van der Waals surface area contributed by atoms with Crippen molar-refractivity contribution in [3.8, 4) is 0 Å². The smallest absolute Gasteiger partial charge is 0.306 e. The first-order valence-corrected chi connectivity index (χ1v) is 28.2. The molecule has 4 saturated heterocycles. The van der Waals surface area contributed by atoms with E-state index < -0.39 is 22.2 Å². The van der Waals surface area contributed by atoms with E-state index in [1.54, 1.807) is 0 Å². The summed E-state index contributed by atoms with van der Waals surface area (Å²) in [6.45, 7) is 33.6. The second-order valence-corrected chi connectivity index (χ2v) is 27.6. The Balaban J connectivity index is 0.000000380. The van der Waals surface area contributed by atoms with Crippen molar-refractivity contribution in [3.05, 3.63) is 0 Å². The number of piperidine rings is 4. The van der Waals surface area contributed by atoms with Gasteiger partial charge in [0.2, 0.25) is 0 Å². The molecule has 0 aromatic carbocycles. The number of rotatable bonds is 22. The van der Waals surface area contributed by atoms with Gasteiger partial charge in [0.15, 0.2) is 0 Å². The van der Waals surface area contributed by atoms with Crippen LogP contribution < -0.4 is 0 Å². The molecule has 0 aromatic rings. The zero-order chi connectivity index (χ0) is 54.7. The quantitative estimate of drug-likeness (QED) is 0.0599. The summed E-state index contributed by atoms with van der Waals surface area (Å²) < 4.78 is 23.2. The van der Waals surface area contributed by atoms with Crippen LogP contribution in [0.15, 0.2) is 0 Å². The third-order valence-electron chi connectivity index (χ3n) is 17.0. The minimum absolute atomic E-state index is 0.00474.